The van der Waals surface area contributed by atoms with Crippen LogP contribution in [0.2, 0.25) is 0 Å². The van der Waals surface area contributed by atoms with Gasteiger partial charge >= 0.3 is 0 Å². The molecule has 0 atom stereocenters. The van der Waals surface area contributed by atoms with Gasteiger partial charge in [0.1, 0.15) is 13.3 Å². The predicted octanol–water partition coefficient (Wildman–Crippen LogP) is 2.41. The fourth-order valence-corrected chi connectivity index (χ4v) is 0.932. The first-order valence-corrected chi connectivity index (χ1v) is 3.20. The van der Waals surface area contributed by atoms with E-state index in [1.807, 2.05) is 0 Å². The molecule has 0 saturated heterocycles. The Morgan fingerprint density at radius 2 is 1.78 bits per heavy atom. The summed E-state index contributed by atoms with van der Waals surface area (Å²) in [6.07, 6.45) is 2.95. The zero-order chi connectivity index (χ0) is 6.69. The summed E-state index contributed by atoms with van der Waals surface area (Å²) in [4.78, 5) is 0. The third kappa shape index (κ3) is 1.29. The number of hydrogen-bond donors (Lipinski definition) is 0. The first-order valence-electron chi connectivity index (χ1n) is 3.20. The number of allylic oxidation sites excluding steroid dienone is 2. The molecule has 0 heterocycles. The van der Waals surface area contributed by atoms with Gasteiger partial charge in [0, 0.05) is 0 Å². The zero-order valence-corrected chi connectivity index (χ0v) is 5.29. The topological polar surface area (TPSA) is 0 Å². The van der Waals surface area contributed by atoms with Crippen molar-refractivity contribution in [1.29, 1.82) is 0 Å². The van der Waals surface area contributed by atoms with E-state index in [1.165, 1.54) is 0 Å². The maximum atomic E-state index is 11.8. The summed E-state index contributed by atoms with van der Waals surface area (Å²) < 4.78 is 23.7. The molecule has 1 fully saturated rings. The Morgan fingerprint density at radius 3 is 1.89 bits per heavy atom. The minimum atomic E-state index is -0.591. The van der Waals surface area contributed by atoms with Crippen LogP contribution in [0.15, 0.2) is 11.1 Å². The molecule has 0 N–H and O–H groups in total. The highest BCUT2D eigenvalue weighted by Crippen LogP contribution is 2.28. The van der Waals surface area contributed by atoms with Crippen molar-refractivity contribution in [2.24, 2.45) is 0 Å². The first kappa shape index (κ1) is 6.72. The average molecular weight is 132 g/mol. The molecule has 0 aromatic heterocycles. The van der Waals surface area contributed by atoms with Crippen molar-refractivity contribution in [3.05, 3.63) is 11.1 Å². The normalized spacial score (nSPS) is 17.3. The van der Waals surface area contributed by atoms with Gasteiger partial charge in [-0.2, -0.15) is 0 Å². The number of alkyl halides is 2. The molecule has 0 aromatic rings. The van der Waals surface area contributed by atoms with E-state index in [9.17, 15) is 8.78 Å². The quantitative estimate of drug-likeness (QED) is 0.506. The lowest BCUT2D eigenvalue weighted by molar-refractivity contribution is 0.458. The van der Waals surface area contributed by atoms with Gasteiger partial charge in [-0.05, 0) is 24.8 Å². The SMILES string of the molecule is FCC(CF)=C1CCC1. The lowest BCUT2D eigenvalue weighted by Crippen LogP contribution is -2.04. The van der Waals surface area contributed by atoms with Gasteiger partial charge in [-0.3, -0.25) is 0 Å². The summed E-state index contributed by atoms with van der Waals surface area (Å²) in [5, 5.41) is 0. The van der Waals surface area contributed by atoms with Crippen LogP contribution in [0.25, 0.3) is 0 Å². The third-order valence-corrected chi connectivity index (χ3v) is 1.78. The molecule has 2 heteroatoms. The van der Waals surface area contributed by atoms with E-state index < -0.39 is 13.3 Å². The molecule has 1 aliphatic rings. The van der Waals surface area contributed by atoms with Crippen LogP contribution in [0.1, 0.15) is 19.3 Å². The Labute approximate surface area is 53.6 Å². The molecule has 0 aliphatic heterocycles. The second-order valence-corrected chi connectivity index (χ2v) is 2.33. The number of halogens is 2. The third-order valence-electron chi connectivity index (χ3n) is 1.78. The van der Waals surface area contributed by atoms with Crippen molar-refractivity contribution >= 4 is 0 Å². The number of hydrogen-bond acceptors (Lipinski definition) is 0. The number of rotatable bonds is 2. The van der Waals surface area contributed by atoms with E-state index in [-0.39, 0.29) is 0 Å². The molecule has 0 radical (unpaired) electrons. The van der Waals surface area contributed by atoms with Gasteiger partial charge in [-0.15, -0.1) is 0 Å². The summed E-state index contributed by atoms with van der Waals surface area (Å²) in [6.45, 7) is -1.18. The van der Waals surface area contributed by atoms with Gasteiger partial charge in [0.2, 0.25) is 0 Å². The second-order valence-electron chi connectivity index (χ2n) is 2.33. The summed E-state index contributed by atoms with van der Waals surface area (Å²) in [6, 6.07) is 0. The molecular weight excluding hydrogens is 122 g/mol. The van der Waals surface area contributed by atoms with Crippen LogP contribution in [0, 0.1) is 0 Å². The Hall–Kier alpha value is -0.400. The highest BCUT2D eigenvalue weighted by Gasteiger charge is 2.13. The fourth-order valence-electron chi connectivity index (χ4n) is 0.932. The Balaban J connectivity index is 2.51. The maximum absolute atomic E-state index is 11.8. The zero-order valence-electron chi connectivity index (χ0n) is 5.29. The predicted molar refractivity (Wildman–Crippen MR) is 32.8 cm³/mol. The summed E-state index contributed by atoms with van der Waals surface area (Å²) >= 11 is 0. The Kier molecular flexibility index (Phi) is 2.20. The van der Waals surface area contributed by atoms with Crippen molar-refractivity contribution in [3.63, 3.8) is 0 Å². The van der Waals surface area contributed by atoms with Crippen LogP contribution in [0.4, 0.5) is 8.78 Å². The molecule has 0 aromatic carbocycles. The van der Waals surface area contributed by atoms with E-state index in [4.69, 9.17) is 0 Å². The van der Waals surface area contributed by atoms with Crippen LogP contribution in [-0.4, -0.2) is 13.3 Å². The summed E-state index contributed by atoms with van der Waals surface area (Å²) in [5.41, 5.74) is 1.40. The van der Waals surface area contributed by atoms with E-state index in [2.05, 4.69) is 0 Å². The molecule has 1 rings (SSSR count). The largest absolute Gasteiger partial charge is 0.246 e. The average Bonchev–Trinajstić information content (AvgIpc) is 1.78. The van der Waals surface area contributed by atoms with Crippen LogP contribution in [0.3, 0.4) is 0 Å². The summed E-state index contributed by atoms with van der Waals surface area (Å²) in [7, 11) is 0. The lowest BCUT2D eigenvalue weighted by Gasteiger charge is -2.18. The van der Waals surface area contributed by atoms with E-state index in [0.717, 1.165) is 24.8 Å². The summed E-state index contributed by atoms with van der Waals surface area (Å²) in [5.74, 6) is 0. The Bertz CT molecular complexity index is 115. The fraction of sp³-hybridized carbons (Fsp3) is 0.714. The molecule has 1 aliphatic carbocycles. The van der Waals surface area contributed by atoms with Crippen LogP contribution in [-0.2, 0) is 0 Å². The highest BCUT2D eigenvalue weighted by atomic mass is 19.1. The van der Waals surface area contributed by atoms with Crippen molar-refractivity contribution < 1.29 is 8.78 Å². The van der Waals surface area contributed by atoms with Crippen molar-refractivity contribution in [2.75, 3.05) is 13.3 Å². The first-order chi connectivity index (χ1) is 4.38. The van der Waals surface area contributed by atoms with Crippen LogP contribution >= 0.6 is 0 Å². The van der Waals surface area contributed by atoms with E-state index >= 15 is 0 Å². The lowest BCUT2D eigenvalue weighted by atomic mass is 9.89. The Morgan fingerprint density at radius 1 is 1.22 bits per heavy atom. The van der Waals surface area contributed by atoms with Gasteiger partial charge in [0.15, 0.2) is 0 Å². The molecule has 0 spiro atoms. The second kappa shape index (κ2) is 2.95. The monoisotopic (exact) mass is 132 g/mol. The molecule has 52 valence electrons. The van der Waals surface area contributed by atoms with Crippen molar-refractivity contribution in [2.45, 2.75) is 19.3 Å². The van der Waals surface area contributed by atoms with Gasteiger partial charge in [0.25, 0.3) is 0 Å². The molecular formula is C7H10F2. The van der Waals surface area contributed by atoms with Gasteiger partial charge in [-0.1, -0.05) is 5.57 Å². The minimum absolute atomic E-state index is 0.390. The van der Waals surface area contributed by atoms with Gasteiger partial charge in [0.05, 0.1) is 0 Å². The van der Waals surface area contributed by atoms with Crippen molar-refractivity contribution in [3.8, 4) is 0 Å². The van der Waals surface area contributed by atoms with Crippen LogP contribution < -0.4 is 0 Å². The van der Waals surface area contributed by atoms with Crippen LogP contribution in [0.5, 0.6) is 0 Å². The molecule has 9 heavy (non-hydrogen) atoms. The maximum Gasteiger partial charge on any atom is 0.113 e. The molecule has 0 nitrogen and oxygen atoms in total. The molecule has 0 amide bonds. The molecule has 1 saturated carbocycles. The highest BCUT2D eigenvalue weighted by molar-refractivity contribution is 5.20. The van der Waals surface area contributed by atoms with E-state index in [0.29, 0.717) is 5.57 Å². The standard InChI is InChI=1S/C7H10F2/c8-4-7(5-9)6-2-1-3-6/h1-5H2. The molecule has 0 bridgehead atoms. The molecule has 0 unspecified atom stereocenters. The van der Waals surface area contributed by atoms with Gasteiger partial charge in [-0.25, -0.2) is 8.78 Å². The minimum Gasteiger partial charge on any atom is -0.246 e. The van der Waals surface area contributed by atoms with Crippen molar-refractivity contribution in [1.82, 2.24) is 0 Å². The van der Waals surface area contributed by atoms with Gasteiger partial charge < -0.3 is 0 Å². The van der Waals surface area contributed by atoms with E-state index in [1.54, 1.807) is 0 Å². The smallest absolute Gasteiger partial charge is 0.113 e.